The van der Waals surface area contributed by atoms with Crippen molar-refractivity contribution in [3.05, 3.63) is 59.7 Å². The Kier molecular flexibility index (Phi) is 12.1. The van der Waals surface area contributed by atoms with Gasteiger partial charge in [0.25, 0.3) is 0 Å². The summed E-state index contributed by atoms with van der Waals surface area (Å²) in [5, 5.41) is 3.72. The van der Waals surface area contributed by atoms with Crippen molar-refractivity contribution in [1.29, 1.82) is 0 Å². The molecule has 1 aliphatic heterocycles. The fourth-order valence-corrected chi connectivity index (χ4v) is 3.60. The first-order valence-corrected chi connectivity index (χ1v) is 10.2. The van der Waals surface area contributed by atoms with Gasteiger partial charge in [-0.25, -0.2) is 0 Å². The summed E-state index contributed by atoms with van der Waals surface area (Å²) >= 11 is 0. The average Bonchev–Trinajstić information content (AvgIpc) is 2.70. The van der Waals surface area contributed by atoms with E-state index in [0.717, 1.165) is 37.7 Å². The second-order valence-electron chi connectivity index (χ2n) is 7.06. The van der Waals surface area contributed by atoms with Crippen molar-refractivity contribution in [2.24, 2.45) is 0 Å². The molecule has 0 aliphatic carbocycles. The Balaban J connectivity index is 0.00000210. The maximum absolute atomic E-state index is 5.73. The van der Waals surface area contributed by atoms with Crippen LogP contribution in [-0.2, 0) is 13.1 Å². The number of halogens is 2. The third-order valence-electron chi connectivity index (χ3n) is 5.04. The number of nitrogens with zero attached hydrogens (tertiary/aromatic N) is 1. The standard InChI is InChI=1S/C23H32N2O2.2ClH/c1-3-26-22-11-10-20(16-23(22)27-4-2)17-24-21-12-14-25(15-13-21)18-19-8-6-5-7-9-19;;/h5-11,16,21,24H,3-4,12-15,17-18H2,1-2H3;2*1H. The minimum Gasteiger partial charge on any atom is -0.490 e. The van der Waals surface area contributed by atoms with Crippen LogP contribution in [0.25, 0.3) is 0 Å². The van der Waals surface area contributed by atoms with E-state index >= 15 is 0 Å². The number of rotatable bonds is 9. The summed E-state index contributed by atoms with van der Waals surface area (Å²) < 4.78 is 11.4. The Morgan fingerprint density at radius 3 is 2.17 bits per heavy atom. The lowest BCUT2D eigenvalue weighted by molar-refractivity contribution is 0.190. The molecule has 0 bridgehead atoms. The fraction of sp³-hybridized carbons (Fsp3) is 0.478. The largest absolute Gasteiger partial charge is 0.490 e. The molecule has 0 atom stereocenters. The molecule has 4 nitrogen and oxygen atoms in total. The minimum atomic E-state index is 0. The van der Waals surface area contributed by atoms with Gasteiger partial charge in [-0.3, -0.25) is 4.90 Å². The van der Waals surface area contributed by atoms with Gasteiger partial charge in [0, 0.05) is 19.1 Å². The van der Waals surface area contributed by atoms with Crippen molar-refractivity contribution >= 4 is 24.8 Å². The third-order valence-corrected chi connectivity index (χ3v) is 5.04. The zero-order valence-electron chi connectivity index (χ0n) is 17.4. The lowest BCUT2D eigenvalue weighted by Crippen LogP contribution is -2.41. The van der Waals surface area contributed by atoms with Gasteiger partial charge in [0.15, 0.2) is 11.5 Å². The van der Waals surface area contributed by atoms with E-state index in [1.165, 1.54) is 24.0 Å². The highest BCUT2D eigenvalue weighted by atomic mass is 35.5. The molecule has 1 heterocycles. The summed E-state index contributed by atoms with van der Waals surface area (Å²) in [6.45, 7) is 9.54. The van der Waals surface area contributed by atoms with E-state index in [4.69, 9.17) is 9.47 Å². The second kappa shape index (κ2) is 13.7. The summed E-state index contributed by atoms with van der Waals surface area (Å²) in [4.78, 5) is 2.55. The Morgan fingerprint density at radius 2 is 1.52 bits per heavy atom. The van der Waals surface area contributed by atoms with Gasteiger partial charge in [0.05, 0.1) is 13.2 Å². The van der Waals surface area contributed by atoms with E-state index in [9.17, 15) is 0 Å². The smallest absolute Gasteiger partial charge is 0.161 e. The second-order valence-corrected chi connectivity index (χ2v) is 7.06. The van der Waals surface area contributed by atoms with Crippen LogP contribution >= 0.6 is 24.8 Å². The number of benzene rings is 2. The van der Waals surface area contributed by atoms with Gasteiger partial charge in [-0.2, -0.15) is 0 Å². The number of ether oxygens (including phenoxy) is 2. The predicted molar refractivity (Wildman–Crippen MR) is 125 cm³/mol. The van der Waals surface area contributed by atoms with Crippen LogP contribution in [0.4, 0.5) is 0 Å². The zero-order valence-corrected chi connectivity index (χ0v) is 19.1. The highest BCUT2D eigenvalue weighted by molar-refractivity contribution is 5.85. The molecule has 0 saturated carbocycles. The molecular formula is C23H34Cl2N2O2. The van der Waals surface area contributed by atoms with Crippen LogP contribution in [-0.4, -0.2) is 37.2 Å². The molecule has 0 amide bonds. The Morgan fingerprint density at radius 1 is 0.862 bits per heavy atom. The van der Waals surface area contributed by atoms with Gasteiger partial charge in [0.1, 0.15) is 0 Å². The average molecular weight is 441 g/mol. The molecule has 1 aliphatic rings. The summed E-state index contributed by atoms with van der Waals surface area (Å²) in [7, 11) is 0. The van der Waals surface area contributed by atoms with Crippen molar-refractivity contribution in [2.75, 3.05) is 26.3 Å². The molecule has 3 rings (SSSR count). The van der Waals surface area contributed by atoms with E-state index in [1.807, 2.05) is 19.9 Å². The number of hydrogen-bond donors (Lipinski definition) is 1. The maximum Gasteiger partial charge on any atom is 0.161 e. The van der Waals surface area contributed by atoms with Gasteiger partial charge in [-0.1, -0.05) is 36.4 Å². The fourth-order valence-electron chi connectivity index (χ4n) is 3.60. The van der Waals surface area contributed by atoms with Crippen molar-refractivity contribution in [2.45, 2.75) is 45.8 Å². The van der Waals surface area contributed by atoms with Crippen LogP contribution < -0.4 is 14.8 Å². The topological polar surface area (TPSA) is 33.7 Å². The SMILES string of the molecule is CCOc1ccc(CNC2CCN(Cc3ccccc3)CC2)cc1OCC.Cl.Cl. The third kappa shape index (κ3) is 8.06. The van der Waals surface area contributed by atoms with E-state index in [-0.39, 0.29) is 24.8 Å². The lowest BCUT2D eigenvalue weighted by Gasteiger charge is -2.32. The highest BCUT2D eigenvalue weighted by Crippen LogP contribution is 2.28. The first kappa shape index (κ1) is 25.6. The lowest BCUT2D eigenvalue weighted by atomic mass is 10.0. The molecule has 0 unspecified atom stereocenters. The van der Waals surface area contributed by atoms with Gasteiger partial charge in [-0.05, 0) is 63.0 Å². The summed E-state index contributed by atoms with van der Waals surface area (Å²) in [5.74, 6) is 1.67. The van der Waals surface area contributed by atoms with E-state index in [1.54, 1.807) is 0 Å². The monoisotopic (exact) mass is 440 g/mol. The molecule has 29 heavy (non-hydrogen) atoms. The van der Waals surface area contributed by atoms with Crippen molar-refractivity contribution in [3.63, 3.8) is 0 Å². The summed E-state index contributed by atoms with van der Waals surface area (Å²) in [6, 6.07) is 17.6. The maximum atomic E-state index is 5.73. The molecular weight excluding hydrogens is 407 g/mol. The van der Waals surface area contributed by atoms with Crippen LogP contribution in [0.5, 0.6) is 11.5 Å². The van der Waals surface area contributed by atoms with E-state index < -0.39 is 0 Å². The van der Waals surface area contributed by atoms with Crippen LogP contribution in [0.15, 0.2) is 48.5 Å². The molecule has 1 saturated heterocycles. The van der Waals surface area contributed by atoms with Crippen LogP contribution in [0.2, 0.25) is 0 Å². The summed E-state index contributed by atoms with van der Waals surface area (Å²) in [5.41, 5.74) is 2.65. The number of piperidine rings is 1. The van der Waals surface area contributed by atoms with Crippen molar-refractivity contribution in [1.82, 2.24) is 10.2 Å². The number of hydrogen-bond acceptors (Lipinski definition) is 4. The van der Waals surface area contributed by atoms with Crippen molar-refractivity contribution < 1.29 is 9.47 Å². The zero-order chi connectivity index (χ0) is 18.9. The van der Waals surface area contributed by atoms with Crippen LogP contribution in [0.3, 0.4) is 0 Å². The normalized spacial score (nSPS) is 14.6. The first-order chi connectivity index (χ1) is 13.3. The minimum absolute atomic E-state index is 0. The molecule has 0 radical (unpaired) electrons. The molecule has 2 aromatic rings. The molecule has 0 spiro atoms. The highest BCUT2D eigenvalue weighted by Gasteiger charge is 2.19. The van der Waals surface area contributed by atoms with E-state index in [2.05, 4.69) is 52.7 Å². The first-order valence-electron chi connectivity index (χ1n) is 10.2. The van der Waals surface area contributed by atoms with Gasteiger partial charge in [0.2, 0.25) is 0 Å². The number of likely N-dealkylation sites (tertiary alicyclic amines) is 1. The van der Waals surface area contributed by atoms with Crippen LogP contribution in [0.1, 0.15) is 37.8 Å². The Hall–Kier alpha value is -1.46. The Bertz CT molecular complexity index is 693. The van der Waals surface area contributed by atoms with Crippen molar-refractivity contribution in [3.8, 4) is 11.5 Å². The molecule has 6 heteroatoms. The van der Waals surface area contributed by atoms with E-state index in [0.29, 0.717) is 19.3 Å². The quantitative estimate of drug-likeness (QED) is 0.588. The predicted octanol–water partition coefficient (Wildman–Crippen LogP) is 5.08. The molecule has 1 N–H and O–H groups in total. The van der Waals surface area contributed by atoms with Gasteiger partial charge >= 0.3 is 0 Å². The summed E-state index contributed by atoms with van der Waals surface area (Å²) in [6.07, 6.45) is 2.39. The molecule has 0 aromatic heterocycles. The van der Waals surface area contributed by atoms with Crippen LogP contribution in [0, 0.1) is 0 Å². The van der Waals surface area contributed by atoms with Gasteiger partial charge < -0.3 is 14.8 Å². The van der Waals surface area contributed by atoms with Gasteiger partial charge in [-0.15, -0.1) is 24.8 Å². The molecule has 2 aromatic carbocycles. The molecule has 162 valence electrons. The Labute approximate surface area is 187 Å². The molecule has 1 fully saturated rings. The number of nitrogens with one attached hydrogen (secondary N) is 1.